The molecule has 0 aliphatic carbocycles. The van der Waals surface area contributed by atoms with Crippen molar-refractivity contribution in [3.63, 3.8) is 0 Å². The smallest absolute Gasteiger partial charge is 0.411 e. The minimum Gasteiger partial charge on any atom is -0.465 e. The van der Waals surface area contributed by atoms with E-state index in [0.717, 1.165) is 30.8 Å². The van der Waals surface area contributed by atoms with Crippen molar-refractivity contribution in [1.82, 2.24) is 4.90 Å². The second kappa shape index (κ2) is 4.04. The van der Waals surface area contributed by atoms with Gasteiger partial charge in [-0.3, -0.25) is 9.80 Å². The van der Waals surface area contributed by atoms with Crippen molar-refractivity contribution in [1.29, 1.82) is 0 Å². The number of amides is 1. The lowest BCUT2D eigenvalue weighted by Crippen LogP contribution is -2.39. The Kier molecular flexibility index (Phi) is 2.52. The van der Waals surface area contributed by atoms with Crippen LogP contribution in [0.15, 0.2) is 24.3 Å². The first-order chi connectivity index (χ1) is 8.25. The number of rotatable bonds is 0. The van der Waals surface area contributed by atoms with Crippen molar-refractivity contribution in [2.75, 3.05) is 18.0 Å². The van der Waals surface area contributed by atoms with Crippen molar-refractivity contribution in [3.05, 3.63) is 29.8 Å². The quantitative estimate of drug-likeness (QED) is 0.745. The van der Waals surface area contributed by atoms with Crippen LogP contribution in [-0.4, -0.2) is 35.2 Å². The van der Waals surface area contributed by atoms with Crippen LogP contribution in [0.4, 0.5) is 10.5 Å². The summed E-state index contributed by atoms with van der Waals surface area (Å²) in [6.07, 6.45) is 1.45. The molecule has 1 atom stereocenters. The minimum absolute atomic E-state index is 0.387. The summed E-state index contributed by atoms with van der Waals surface area (Å²) in [5, 5.41) is 9.34. The molecule has 4 heteroatoms. The van der Waals surface area contributed by atoms with Gasteiger partial charge in [-0.05, 0) is 31.0 Å². The molecule has 1 N–H and O–H groups in total. The monoisotopic (exact) mass is 232 g/mol. The Morgan fingerprint density at radius 1 is 1.35 bits per heavy atom. The van der Waals surface area contributed by atoms with Crippen LogP contribution in [0.3, 0.4) is 0 Å². The summed E-state index contributed by atoms with van der Waals surface area (Å²) in [7, 11) is 0. The Balaban J connectivity index is 2.02. The highest BCUT2D eigenvalue weighted by atomic mass is 16.4. The normalized spacial score (nSPS) is 24.0. The van der Waals surface area contributed by atoms with E-state index in [1.54, 1.807) is 0 Å². The predicted molar refractivity (Wildman–Crippen MR) is 65.2 cm³/mol. The fourth-order valence-electron chi connectivity index (χ4n) is 2.93. The summed E-state index contributed by atoms with van der Waals surface area (Å²) >= 11 is 0. The zero-order valence-electron chi connectivity index (χ0n) is 9.67. The molecular formula is C13H16N2O2. The van der Waals surface area contributed by atoms with E-state index in [4.69, 9.17) is 0 Å². The standard InChI is InChI=1S/C13H16N2O2/c16-13(17)15-9-11-5-3-7-14(11)8-10-4-1-2-6-12(10)15/h1-2,4,6,11H,3,5,7-9H2,(H,16,17). The van der Waals surface area contributed by atoms with Gasteiger partial charge in [-0.1, -0.05) is 18.2 Å². The second-order valence-corrected chi connectivity index (χ2v) is 4.79. The Labute approximate surface area is 100 Å². The van der Waals surface area contributed by atoms with E-state index in [-0.39, 0.29) is 0 Å². The molecule has 0 saturated carbocycles. The van der Waals surface area contributed by atoms with Crippen LogP contribution < -0.4 is 4.90 Å². The summed E-state index contributed by atoms with van der Waals surface area (Å²) in [4.78, 5) is 15.3. The van der Waals surface area contributed by atoms with Crippen molar-refractivity contribution in [3.8, 4) is 0 Å². The molecule has 3 rings (SSSR count). The van der Waals surface area contributed by atoms with Gasteiger partial charge in [0, 0.05) is 19.1 Å². The van der Waals surface area contributed by atoms with Crippen molar-refractivity contribution >= 4 is 11.8 Å². The molecular weight excluding hydrogens is 216 g/mol. The number of fused-ring (bicyclic) bond motifs is 2. The Morgan fingerprint density at radius 2 is 2.18 bits per heavy atom. The third-order valence-corrected chi connectivity index (χ3v) is 3.78. The molecule has 0 aromatic heterocycles. The fourth-order valence-corrected chi connectivity index (χ4v) is 2.93. The van der Waals surface area contributed by atoms with Crippen molar-refractivity contribution in [2.24, 2.45) is 0 Å². The summed E-state index contributed by atoms with van der Waals surface area (Å²) < 4.78 is 0. The van der Waals surface area contributed by atoms with Crippen LogP contribution in [0.25, 0.3) is 0 Å². The van der Waals surface area contributed by atoms with Gasteiger partial charge in [-0.15, -0.1) is 0 Å². The van der Waals surface area contributed by atoms with Crippen LogP contribution >= 0.6 is 0 Å². The molecule has 2 heterocycles. The summed E-state index contributed by atoms with van der Waals surface area (Å²) in [6, 6.07) is 8.22. The number of carboxylic acid groups (broad SMARTS) is 1. The number of anilines is 1. The van der Waals surface area contributed by atoms with E-state index < -0.39 is 6.09 Å². The van der Waals surface area contributed by atoms with Gasteiger partial charge in [0.05, 0.1) is 5.69 Å². The SMILES string of the molecule is O=C(O)N1CC2CCCN2Cc2ccccc21. The van der Waals surface area contributed by atoms with Gasteiger partial charge < -0.3 is 5.11 Å². The summed E-state index contributed by atoms with van der Waals surface area (Å²) in [5.41, 5.74) is 1.98. The average molecular weight is 232 g/mol. The van der Waals surface area contributed by atoms with Crippen molar-refractivity contribution in [2.45, 2.75) is 25.4 Å². The van der Waals surface area contributed by atoms with Gasteiger partial charge in [-0.2, -0.15) is 0 Å². The lowest BCUT2D eigenvalue weighted by molar-refractivity contribution is 0.197. The molecule has 0 bridgehead atoms. The Bertz CT molecular complexity index is 447. The number of nitrogens with zero attached hydrogens (tertiary/aromatic N) is 2. The van der Waals surface area contributed by atoms with E-state index in [0.29, 0.717) is 12.6 Å². The van der Waals surface area contributed by atoms with Crippen LogP contribution in [0.5, 0.6) is 0 Å². The first-order valence-corrected chi connectivity index (χ1v) is 6.08. The predicted octanol–water partition coefficient (Wildman–Crippen LogP) is 2.15. The third-order valence-electron chi connectivity index (χ3n) is 3.78. The van der Waals surface area contributed by atoms with Gasteiger partial charge in [0.25, 0.3) is 0 Å². The molecule has 1 saturated heterocycles. The molecule has 90 valence electrons. The highest BCUT2D eigenvalue weighted by Gasteiger charge is 2.33. The Morgan fingerprint density at radius 3 is 3.00 bits per heavy atom. The average Bonchev–Trinajstić information content (AvgIpc) is 2.68. The number of hydrogen-bond acceptors (Lipinski definition) is 2. The number of carbonyl (C=O) groups is 1. The molecule has 2 aliphatic rings. The molecule has 1 unspecified atom stereocenters. The zero-order valence-corrected chi connectivity index (χ0v) is 9.67. The summed E-state index contributed by atoms with van der Waals surface area (Å²) in [5.74, 6) is 0. The molecule has 1 amide bonds. The van der Waals surface area contributed by atoms with Crippen LogP contribution in [-0.2, 0) is 6.54 Å². The first-order valence-electron chi connectivity index (χ1n) is 6.08. The highest BCUT2D eigenvalue weighted by molar-refractivity contribution is 5.87. The summed E-state index contributed by atoms with van der Waals surface area (Å²) in [6.45, 7) is 2.57. The van der Waals surface area contributed by atoms with Crippen molar-refractivity contribution < 1.29 is 9.90 Å². The fraction of sp³-hybridized carbons (Fsp3) is 0.462. The van der Waals surface area contributed by atoms with E-state index >= 15 is 0 Å². The largest absolute Gasteiger partial charge is 0.465 e. The maximum absolute atomic E-state index is 11.4. The lowest BCUT2D eigenvalue weighted by Gasteiger charge is -2.24. The van der Waals surface area contributed by atoms with Crippen LogP contribution in [0, 0.1) is 0 Å². The van der Waals surface area contributed by atoms with Gasteiger partial charge in [-0.25, -0.2) is 4.79 Å². The van der Waals surface area contributed by atoms with Gasteiger partial charge in [0.1, 0.15) is 0 Å². The van der Waals surface area contributed by atoms with Gasteiger partial charge >= 0.3 is 6.09 Å². The van der Waals surface area contributed by atoms with Gasteiger partial charge in [0.2, 0.25) is 0 Å². The molecule has 2 aliphatic heterocycles. The van der Waals surface area contributed by atoms with E-state index in [1.165, 1.54) is 11.3 Å². The number of benzene rings is 1. The maximum atomic E-state index is 11.4. The molecule has 0 spiro atoms. The lowest BCUT2D eigenvalue weighted by atomic mass is 10.1. The molecule has 1 aromatic carbocycles. The molecule has 4 nitrogen and oxygen atoms in total. The zero-order chi connectivity index (χ0) is 11.8. The minimum atomic E-state index is -0.841. The third kappa shape index (κ3) is 1.78. The van der Waals surface area contributed by atoms with Crippen LogP contribution in [0.2, 0.25) is 0 Å². The number of hydrogen-bond donors (Lipinski definition) is 1. The van der Waals surface area contributed by atoms with Gasteiger partial charge in [0.15, 0.2) is 0 Å². The van der Waals surface area contributed by atoms with E-state index in [9.17, 15) is 9.90 Å². The second-order valence-electron chi connectivity index (χ2n) is 4.79. The molecule has 1 fully saturated rings. The van der Waals surface area contributed by atoms with E-state index in [1.807, 2.05) is 24.3 Å². The highest BCUT2D eigenvalue weighted by Crippen LogP contribution is 2.31. The topological polar surface area (TPSA) is 43.8 Å². The molecule has 0 radical (unpaired) electrons. The first kappa shape index (κ1) is 10.6. The van der Waals surface area contributed by atoms with Crippen LogP contribution in [0.1, 0.15) is 18.4 Å². The molecule has 17 heavy (non-hydrogen) atoms. The number of para-hydroxylation sites is 1. The van der Waals surface area contributed by atoms with E-state index in [2.05, 4.69) is 4.90 Å². The maximum Gasteiger partial charge on any atom is 0.411 e. The molecule has 1 aromatic rings. The Hall–Kier alpha value is -1.55.